The summed E-state index contributed by atoms with van der Waals surface area (Å²) in [6.07, 6.45) is 2.05. The first-order valence-corrected chi connectivity index (χ1v) is 8.61. The normalized spacial score (nSPS) is 18.3. The smallest absolute Gasteiger partial charge is 0.225 e. The number of benzene rings is 1. The first kappa shape index (κ1) is 17.6. The molecular formula is C19H24FN3O2. The van der Waals surface area contributed by atoms with Gasteiger partial charge in [0.05, 0.1) is 24.3 Å². The molecule has 0 radical (unpaired) electrons. The maximum atomic E-state index is 13.2. The number of carbonyl (C=O) groups is 1. The molecule has 0 bridgehead atoms. The number of hydrogen-bond donors (Lipinski definition) is 1. The molecular weight excluding hydrogens is 321 g/mol. The average molecular weight is 345 g/mol. The van der Waals surface area contributed by atoms with Crippen molar-refractivity contribution in [3.8, 4) is 0 Å². The molecule has 1 aromatic heterocycles. The van der Waals surface area contributed by atoms with Crippen LogP contribution in [0.15, 0.2) is 24.3 Å². The Morgan fingerprint density at radius 1 is 1.40 bits per heavy atom. The summed E-state index contributed by atoms with van der Waals surface area (Å²) in [4.78, 5) is 12.7. The standard InChI is InChI=1S/C19H24FN3O2/c1-12-16(13(2)23(3)22-12)11-18(24)21-19(17-5-4-10-25-17)14-6-8-15(20)9-7-14/h6-9,17,19H,4-5,10-11H2,1-3H3,(H,21,24)/t17-,19-/m1/s1. The van der Waals surface area contributed by atoms with Crippen LogP contribution in [0.1, 0.15) is 41.4 Å². The van der Waals surface area contributed by atoms with Crippen molar-refractivity contribution in [2.45, 2.75) is 45.3 Å². The van der Waals surface area contributed by atoms with Crippen molar-refractivity contribution in [3.05, 3.63) is 52.6 Å². The SMILES string of the molecule is Cc1nn(C)c(C)c1CC(=O)N[C@H](c1ccc(F)cc1)[C@H]1CCCO1. The average Bonchev–Trinajstić information content (AvgIpc) is 3.19. The molecule has 1 saturated heterocycles. The highest BCUT2D eigenvalue weighted by Gasteiger charge is 2.29. The van der Waals surface area contributed by atoms with E-state index in [2.05, 4.69) is 10.4 Å². The van der Waals surface area contributed by atoms with E-state index < -0.39 is 0 Å². The summed E-state index contributed by atoms with van der Waals surface area (Å²) in [5.74, 6) is -0.369. The van der Waals surface area contributed by atoms with Crippen LogP contribution >= 0.6 is 0 Å². The van der Waals surface area contributed by atoms with Gasteiger partial charge in [-0.05, 0) is 44.4 Å². The fourth-order valence-electron chi connectivity index (χ4n) is 3.38. The summed E-state index contributed by atoms with van der Waals surface area (Å²) >= 11 is 0. The van der Waals surface area contributed by atoms with Crippen LogP contribution in [0.2, 0.25) is 0 Å². The summed E-state index contributed by atoms with van der Waals surface area (Å²) in [6, 6.07) is 5.98. The molecule has 1 aromatic carbocycles. The maximum Gasteiger partial charge on any atom is 0.225 e. The van der Waals surface area contributed by atoms with Gasteiger partial charge in [0.25, 0.3) is 0 Å². The number of halogens is 1. The maximum absolute atomic E-state index is 13.2. The fraction of sp³-hybridized carbons (Fsp3) is 0.474. The minimum absolute atomic E-state index is 0.0782. The minimum Gasteiger partial charge on any atom is -0.376 e. The van der Waals surface area contributed by atoms with Gasteiger partial charge in [0.15, 0.2) is 0 Å². The van der Waals surface area contributed by atoms with E-state index in [4.69, 9.17) is 4.74 Å². The van der Waals surface area contributed by atoms with Crippen molar-refractivity contribution in [2.24, 2.45) is 7.05 Å². The molecule has 3 rings (SSSR count). The van der Waals surface area contributed by atoms with Gasteiger partial charge in [-0.1, -0.05) is 12.1 Å². The van der Waals surface area contributed by atoms with Gasteiger partial charge in [-0.15, -0.1) is 0 Å². The zero-order valence-electron chi connectivity index (χ0n) is 14.9. The van der Waals surface area contributed by atoms with Crippen molar-refractivity contribution in [1.82, 2.24) is 15.1 Å². The number of ether oxygens (including phenoxy) is 1. The number of hydrogen-bond acceptors (Lipinski definition) is 3. The highest BCUT2D eigenvalue weighted by atomic mass is 19.1. The molecule has 1 amide bonds. The van der Waals surface area contributed by atoms with E-state index in [9.17, 15) is 9.18 Å². The zero-order chi connectivity index (χ0) is 18.0. The van der Waals surface area contributed by atoms with Crippen LogP contribution in [-0.2, 0) is 23.0 Å². The molecule has 134 valence electrons. The summed E-state index contributed by atoms with van der Waals surface area (Å²) in [5, 5.41) is 7.44. The van der Waals surface area contributed by atoms with E-state index in [-0.39, 0.29) is 30.3 Å². The summed E-state index contributed by atoms with van der Waals surface area (Å²) in [7, 11) is 1.87. The quantitative estimate of drug-likeness (QED) is 0.907. The lowest BCUT2D eigenvalue weighted by atomic mass is 9.98. The predicted octanol–water partition coefficient (Wildman–Crippen LogP) is 2.76. The van der Waals surface area contributed by atoms with E-state index in [1.807, 2.05) is 20.9 Å². The molecule has 5 nitrogen and oxygen atoms in total. The number of aromatic nitrogens is 2. The highest BCUT2D eigenvalue weighted by molar-refractivity contribution is 5.79. The van der Waals surface area contributed by atoms with Gasteiger partial charge in [0, 0.05) is 24.9 Å². The van der Waals surface area contributed by atoms with E-state index in [0.717, 1.165) is 35.4 Å². The van der Waals surface area contributed by atoms with Crippen LogP contribution < -0.4 is 5.32 Å². The second-order valence-electron chi connectivity index (χ2n) is 6.60. The molecule has 0 aliphatic carbocycles. The van der Waals surface area contributed by atoms with Crippen molar-refractivity contribution >= 4 is 5.91 Å². The molecule has 2 heterocycles. The van der Waals surface area contributed by atoms with Crippen molar-refractivity contribution in [3.63, 3.8) is 0 Å². The minimum atomic E-state index is -0.289. The van der Waals surface area contributed by atoms with Crippen LogP contribution in [0, 0.1) is 19.7 Å². The lowest BCUT2D eigenvalue weighted by Crippen LogP contribution is -2.37. The lowest BCUT2D eigenvalue weighted by molar-refractivity contribution is -0.122. The largest absolute Gasteiger partial charge is 0.376 e. The number of nitrogens with zero attached hydrogens (tertiary/aromatic N) is 2. The molecule has 1 aliphatic heterocycles. The molecule has 2 aromatic rings. The van der Waals surface area contributed by atoms with Crippen LogP contribution in [0.4, 0.5) is 4.39 Å². The Kier molecular flexibility index (Phi) is 5.18. The van der Waals surface area contributed by atoms with Gasteiger partial charge in [-0.3, -0.25) is 9.48 Å². The third kappa shape index (κ3) is 3.90. The molecule has 0 unspecified atom stereocenters. The van der Waals surface area contributed by atoms with E-state index >= 15 is 0 Å². The number of carbonyl (C=O) groups excluding carboxylic acids is 1. The van der Waals surface area contributed by atoms with Gasteiger partial charge in [-0.25, -0.2) is 4.39 Å². The Morgan fingerprint density at radius 2 is 2.12 bits per heavy atom. The molecule has 2 atom stereocenters. The summed E-state index contributed by atoms with van der Waals surface area (Å²) in [5.41, 5.74) is 3.67. The van der Waals surface area contributed by atoms with Crippen LogP contribution in [0.3, 0.4) is 0 Å². The first-order chi connectivity index (χ1) is 12.0. The number of rotatable bonds is 5. The molecule has 6 heteroatoms. The zero-order valence-corrected chi connectivity index (χ0v) is 14.9. The van der Waals surface area contributed by atoms with Gasteiger partial charge < -0.3 is 10.1 Å². The van der Waals surface area contributed by atoms with E-state index in [0.29, 0.717) is 6.61 Å². The predicted molar refractivity (Wildman–Crippen MR) is 92.6 cm³/mol. The summed E-state index contributed by atoms with van der Waals surface area (Å²) in [6.45, 7) is 4.56. The lowest BCUT2D eigenvalue weighted by Gasteiger charge is -2.25. The van der Waals surface area contributed by atoms with Gasteiger partial charge in [0.1, 0.15) is 5.82 Å². The highest BCUT2D eigenvalue weighted by Crippen LogP contribution is 2.27. The molecule has 1 aliphatic rings. The number of nitrogens with one attached hydrogen (secondary N) is 1. The first-order valence-electron chi connectivity index (χ1n) is 8.61. The number of aryl methyl sites for hydroxylation is 2. The van der Waals surface area contributed by atoms with Crippen molar-refractivity contribution < 1.29 is 13.9 Å². The van der Waals surface area contributed by atoms with Gasteiger partial charge in [0.2, 0.25) is 5.91 Å². The van der Waals surface area contributed by atoms with Crippen LogP contribution in [0.5, 0.6) is 0 Å². The third-order valence-corrected chi connectivity index (χ3v) is 4.88. The van der Waals surface area contributed by atoms with Crippen molar-refractivity contribution in [2.75, 3.05) is 6.61 Å². The van der Waals surface area contributed by atoms with Gasteiger partial charge in [-0.2, -0.15) is 5.10 Å². The Bertz CT molecular complexity index is 749. The molecule has 1 fully saturated rings. The molecule has 25 heavy (non-hydrogen) atoms. The van der Waals surface area contributed by atoms with Crippen molar-refractivity contribution in [1.29, 1.82) is 0 Å². The summed E-state index contributed by atoms with van der Waals surface area (Å²) < 4.78 is 20.8. The topological polar surface area (TPSA) is 56.2 Å². The van der Waals surface area contributed by atoms with E-state index in [1.165, 1.54) is 12.1 Å². The Labute approximate surface area is 147 Å². The van der Waals surface area contributed by atoms with Gasteiger partial charge >= 0.3 is 0 Å². The van der Waals surface area contributed by atoms with E-state index in [1.54, 1.807) is 16.8 Å². The van der Waals surface area contributed by atoms with Crippen LogP contribution in [-0.4, -0.2) is 28.4 Å². The monoisotopic (exact) mass is 345 g/mol. The molecule has 0 spiro atoms. The fourth-order valence-corrected chi connectivity index (χ4v) is 3.38. The van der Waals surface area contributed by atoms with Crippen LogP contribution in [0.25, 0.3) is 0 Å². The Balaban J connectivity index is 1.77. The number of amides is 1. The Hall–Kier alpha value is -2.21. The molecule has 0 saturated carbocycles. The Morgan fingerprint density at radius 3 is 2.68 bits per heavy atom. The second-order valence-corrected chi connectivity index (χ2v) is 6.60. The second kappa shape index (κ2) is 7.35. The molecule has 1 N–H and O–H groups in total. The third-order valence-electron chi connectivity index (χ3n) is 4.88.